The number of aliphatic imine (C=N–C) groups is 1. The van der Waals surface area contributed by atoms with Gasteiger partial charge >= 0.3 is 0 Å². The molecule has 0 fully saturated rings. The van der Waals surface area contributed by atoms with E-state index in [4.69, 9.17) is 16.6 Å². The fraction of sp³-hybridized carbons (Fsp3) is 0.0500. The van der Waals surface area contributed by atoms with Crippen LogP contribution in [0, 0.1) is 0 Å². The molecule has 1 N–H and O–H groups in total. The van der Waals surface area contributed by atoms with Crippen molar-refractivity contribution in [1.29, 1.82) is 0 Å². The first-order chi connectivity index (χ1) is 11.7. The Morgan fingerprint density at radius 2 is 1.50 bits per heavy atom. The normalized spacial score (nSPS) is 14.6. The average molecular weight is 334 g/mol. The molecule has 0 unspecified atom stereocenters. The van der Waals surface area contributed by atoms with Crippen LogP contribution >= 0.6 is 11.6 Å². The van der Waals surface area contributed by atoms with E-state index in [1.165, 1.54) is 0 Å². The van der Waals surface area contributed by atoms with Gasteiger partial charge in [0.15, 0.2) is 0 Å². The Balaban J connectivity index is 1.96. The molecule has 1 heterocycles. The van der Waals surface area contributed by atoms with Crippen LogP contribution < -0.4 is 10.2 Å². The summed E-state index contributed by atoms with van der Waals surface area (Å²) < 4.78 is 0. The predicted molar refractivity (Wildman–Crippen MR) is 102 cm³/mol. The van der Waals surface area contributed by atoms with Crippen LogP contribution in [0.2, 0.25) is 5.02 Å². The number of benzene rings is 3. The Bertz CT molecular complexity index is 933. The van der Waals surface area contributed by atoms with Crippen molar-refractivity contribution in [2.24, 2.45) is 4.99 Å². The fourth-order valence-corrected chi connectivity index (χ4v) is 3.07. The molecule has 1 aliphatic heterocycles. The third-order valence-corrected chi connectivity index (χ3v) is 4.42. The number of rotatable bonds is 1. The summed E-state index contributed by atoms with van der Waals surface area (Å²) in [6.07, 6.45) is 0. The van der Waals surface area contributed by atoms with Crippen molar-refractivity contribution in [2.75, 3.05) is 17.3 Å². The summed E-state index contributed by atoms with van der Waals surface area (Å²) in [4.78, 5) is 6.96. The quantitative estimate of drug-likeness (QED) is 0.626. The van der Waals surface area contributed by atoms with Crippen molar-refractivity contribution < 1.29 is 0 Å². The third-order valence-electron chi connectivity index (χ3n) is 4.10. The van der Waals surface area contributed by atoms with Gasteiger partial charge in [-0.25, -0.2) is 4.99 Å². The molecule has 3 aromatic rings. The molecule has 0 radical (unpaired) electrons. The van der Waals surface area contributed by atoms with Crippen molar-refractivity contribution in [3.63, 3.8) is 0 Å². The lowest BCUT2D eigenvalue weighted by atomic mass is 10.1. The van der Waals surface area contributed by atoms with Crippen LogP contribution in [0.3, 0.4) is 0 Å². The molecule has 0 spiro atoms. The van der Waals surface area contributed by atoms with E-state index in [0.717, 1.165) is 34.1 Å². The summed E-state index contributed by atoms with van der Waals surface area (Å²) in [5, 5.41) is 4.15. The predicted octanol–water partition coefficient (Wildman–Crippen LogP) is 5.61. The minimum absolute atomic E-state index is 0.640. The molecule has 0 atom stereocenters. The summed E-state index contributed by atoms with van der Waals surface area (Å²) in [7, 11) is 2.03. The van der Waals surface area contributed by atoms with Gasteiger partial charge in [0.25, 0.3) is 0 Å². The average Bonchev–Trinajstić information content (AvgIpc) is 2.72. The number of para-hydroxylation sites is 4. The van der Waals surface area contributed by atoms with Crippen LogP contribution in [-0.4, -0.2) is 12.9 Å². The highest BCUT2D eigenvalue weighted by Crippen LogP contribution is 2.36. The number of fused-ring (bicyclic) bond motifs is 2. The number of nitrogens with zero attached hydrogens (tertiary/aromatic N) is 2. The monoisotopic (exact) mass is 333 g/mol. The highest BCUT2D eigenvalue weighted by Gasteiger charge is 2.22. The maximum absolute atomic E-state index is 6.32. The molecule has 0 aliphatic carbocycles. The Labute approximate surface area is 146 Å². The minimum Gasteiger partial charge on any atom is -0.353 e. The molecule has 3 nitrogen and oxygen atoms in total. The van der Waals surface area contributed by atoms with Crippen molar-refractivity contribution in [1.82, 2.24) is 0 Å². The molecular formula is C20H16ClN3. The molecule has 0 saturated heterocycles. The zero-order valence-corrected chi connectivity index (χ0v) is 14.0. The van der Waals surface area contributed by atoms with Gasteiger partial charge in [0.2, 0.25) is 0 Å². The summed E-state index contributed by atoms with van der Waals surface area (Å²) in [5.41, 5.74) is 4.95. The van der Waals surface area contributed by atoms with Crippen molar-refractivity contribution in [3.05, 3.63) is 83.4 Å². The number of amidine groups is 1. The number of halogens is 1. The lowest BCUT2D eigenvalue weighted by Crippen LogP contribution is -2.26. The Morgan fingerprint density at radius 3 is 2.33 bits per heavy atom. The zero-order valence-electron chi connectivity index (χ0n) is 13.2. The van der Waals surface area contributed by atoms with Crippen LogP contribution in [0.15, 0.2) is 77.8 Å². The van der Waals surface area contributed by atoms with Gasteiger partial charge in [-0.3, -0.25) is 0 Å². The second-order valence-corrected chi connectivity index (χ2v) is 6.04. The van der Waals surface area contributed by atoms with E-state index in [2.05, 4.69) is 34.5 Å². The van der Waals surface area contributed by atoms with Crippen molar-refractivity contribution in [3.8, 4) is 0 Å². The van der Waals surface area contributed by atoms with Crippen LogP contribution in [-0.2, 0) is 0 Å². The minimum atomic E-state index is 0.640. The van der Waals surface area contributed by atoms with Gasteiger partial charge in [0.1, 0.15) is 5.84 Å². The largest absolute Gasteiger partial charge is 0.353 e. The number of anilines is 3. The Kier molecular flexibility index (Phi) is 3.71. The fourth-order valence-electron chi connectivity index (χ4n) is 2.89. The van der Waals surface area contributed by atoms with Gasteiger partial charge in [-0.05, 0) is 36.4 Å². The molecule has 0 bridgehead atoms. The second-order valence-electron chi connectivity index (χ2n) is 5.63. The molecule has 0 aromatic heterocycles. The van der Waals surface area contributed by atoms with Gasteiger partial charge in [-0.15, -0.1) is 0 Å². The lowest BCUT2D eigenvalue weighted by molar-refractivity contribution is 1.25. The van der Waals surface area contributed by atoms with Crippen LogP contribution in [0.4, 0.5) is 22.7 Å². The lowest BCUT2D eigenvalue weighted by Gasteiger charge is -2.21. The molecule has 4 rings (SSSR count). The van der Waals surface area contributed by atoms with Gasteiger partial charge in [-0.2, -0.15) is 0 Å². The topological polar surface area (TPSA) is 27.6 Å². The Hall–Kier alpha value is -2.78. The maximum atomic E-state index is 6.32. The molecule has 0 amide bonds. The van der Waals surface area contributed by atoms with Crippen molar-refractivity contribution in [2.45, 2.75) is 0 Å². The zero-order chi connectivity index (χ0) is 16.5. The van der Waals surface area contributed by atoms with Crippen LogP contribution in [0.25, 0.3) is 0 Å². The van der Waals surface area contributed by atoms with E-state index in [9.17, 15) is 0 Å². The maximum Gasteiger partial charge on any atom is 0.142 e. The van der Waals surface area contributed by atoms with Gasteiger partial charge in [0.05, 0.1) is 22.1 Å². The number of hydrogen-bond donors (Lipinski definition) is 1. The molecule has 24 heavy (non-hydrogen) atoms. The molecule has 1 aliphatic rings. The molecule has 118 valence electrons. The van der Waals surface area contributed by atoms with E-state index in [1.807, 2.05) is 55.6 Å². The van der Waals surface area contributed by atoms with E-state index in [-0.39, 0.29) is 0 Å². The molecular weight excluding hydrogens is 318 g/mol. The smallest absolute Gasteiger partial charge is 0.142 e. The van der Waals surface area contributed by atoms with E-state index < -0.39 is 0 Å². The second kappa shape index (κ2) is 6.02. The van der Waals surface area contributed by atoms with Gasteiger partial charge in [0, 0.05) is 18.3 Å². The third kappa shape index (κ3) is 2.53. The molecule has 0 saturated carbocycles. The summed E-state index contributed by atoms with van der Waals surface area (Å²) >= 11 is 6.32. The van der Waals surface area contributed by atoms with Crippen molar-refractivity contribution >= 4 is 40.2 Å². The standard InChI is InChI=1S/C20H16ClN3/c1-24-19-13-7-6-12-18(19)22-16-10-4-2-8-14(16)20(24)23-17-11-5-3-9-15(17)21/h2-13,22H,1H3. The van der Waals surface area contributed by atoms with E-state index in [0.29, 0.717) is 5.02 Å². The van der Waals surface area contributed by atoms with E-state index in [1.54, 1.807) is 0 Å². The molecule has 3 aromatic carbocycles. The number of hydrogen-bond acceptors (Lipinski definition) is 2. The first kappa shape index (κ1) is 14.8. The summed E-state index contributed by atoms with van der Waals surface area (Å²) in [6, 6.07) is 24.0. The SMILES string of the molecule is CN1C(=Nc2ccccc2Cl)c2ccccc2Nc2ccccc21. The van der Waals surface area contributed by atoms with Gasteiger partial charge in [-0.1, -0.05) is 48.0 Å². The first-order valence-corrected chi connectivity index (χ1v) is 8.14. The summed E-state index contributed by atoms with van der Waals surface area (Å²) in [6.45, 7) is 0. The van der Waals surface area contributed by atoms with Crippen LogP contribution in [0.5, 0.6) is 0 Å². The molecule has 4 heteroatoms. The highest BCUT2D eigenvalue weighted by molar-refractivity contribution is 6.33. The Morgan fingerprint density at radius 1 is 0.833 bits per heavy atom. The van der Waals surface area contributed by atoms with Gasteiger partial charge < -0.3 is 10.2 Å². The number of nitrogens with one attached hydrogen (secondary N) is 1. The van der Waals surface area contributed by atoms with Crippen LogP contribution in [0.1, 0.15) is 5.56 Å². The highest BCUT2D eigenvalue weighted by atomic mass is 35.5. The van der Waals surface area contributed by atoms with E-state index >= 15 is 0 Å². The first-order valence-electron chi connectivity index (χ1n) is 7.76. The summed E-state index contributed by atoms with van der Waals surface area (Å²) in [5.74, 6) is 0.858.